The average molecular weight is 369 g/mol. The third-order valence-electron chi connectivity index (χ3n) is 4.88. The van der Waals surface area contributed by atoms with E-state index in [0.29, 0.717) is 25.1 Å². The summed E-state index contributed by atoms with van der Waals surface area (Å²) in [5, 5.41) is 7.19. The Morgan fingerprint density at radius 2 is 2.04 bits per heavy atom. The van der Waals surface area contributed by atoms with E-state index >= 15 is 0 Å². The van der Waals surface area contributed by atoms with Crippen LogP contribution in [0.25, 0.3) is 5.69 Å². The lowest BCUT2D eigenvalue weighted by atomic mass is 10.0. The van der Waals surface area contributed by atoms with E-state index in [-0.39, 0.29) is 17.9 Å². The lowest BCUT2D eigenvalue weighted by Gasteiger charge is -2.36. The molecule has 1 fully saturated rings. The van der Waals surface area contributed by atoms with Gasteiger partial charge in [0.15, 0.2) is 0 Å². The molecule has 0 radical (unpaired) electrons. The zero-order valence-corrected chi connectivity index (χ0v) is 15.7. The smallest absolute Gasteiger partial charge is 0.254 e. The quantitative estimate of drug-likeness (QED) is 0.809. The first-order valence-corrected chi connectivity index (χ1v) is 9.48. The lowest BCUT2D eigenvalue weighted by molar-refractivity contribution is -0.121. The number of amides is 2. The Morgan fingerprint density at radius 3 is 2.70 bits per heavy atom. The van der Waals surface area contributed by atoms with Crippen LogP contribution >= 0.6 is 0 Å². The highest BCUT2D eigenvalue weighted by molar-refractivity contribution is 5.94. The fraction of sp³-hybridized carbons (Fsp3) is 0.450. The molecule has 1 aromatic heterocycles. The molecule has 3 N–H and O–H groups in total. The summed E-state index contributed by atoms with van der Waals surface area (Å²) in [6.07, 6.45) is 7.02. The number of hydrogen-bond acceptors (Lipinski definition) is 4. The second kappa shape index (κ2) is 8.81. The van der Waals surface area contributed by atoms with Gasteiger partial charge in [0, 0.05) is 43.9 Å². The van der Waals surface area contributed by atoms with E-state index in [0.717, 1.165) is 37.1 Å². The number of piperidine rings is 1. The van der Waals surface area contributed by atoms with Crippen molar-refractivity contribution < 1.29 is 9.59 Å². The normalized spacial score (nSPS) is 17.0. The molecule has 1 aliphatic rings. The van der Waals surface area contributed by atoms with Gasteiger partial charge in [-0.1, -0.05) is 0 Å². The summed E-state index contributed by atoms with van der Waals surface area (Å²) in [5.41, 5.74) is 8.08. The highest BCUT2D eigenvalue weighted by Gasteiger charge is 2.27. The molecule has 1 aromatic carbocycles. The first-order chi connectivity index (χ1) is 13.1. The molecule has 0 saturated carbocycles. The fourth-order valence-electron chi connectivity index (χ4n) is 3.41. The Kier molecular flexibility index (Phi) is 6.24. The van der Waals surface area contributed by atoms with Gasteiger partial charge in [0.05, 0.1) is 11.9 Å². The monoisotopic (exact) mass is 369 g/mol. The molecule has 2 amide bonds. The van der Waals surface area contributed by atoms with Crippen molar-refractivity contribution in [3.8, 4) is 5.69 Å². The summed E-state index contributed by atoms with van der Waals surface area (Å²) in [7, 11) is 0. The summed E-state index contributed by atoms with van der Waals surface area (Å²) < 4.78 is 1.79. The van der Waals surface area contributed by atoms with Crippen molar-refractivity contribution in [3.63, 3.8) is 0 Å². The molecule has 7 heteroatoms. The van der Waals surface area contributed by atoms with Crippen molar-refractivity contribution in [3.05, 3.63) is 47.8 Å². The van der Waals surface area contributed by atoms with Crippen LogP contribution in [0, 0.1) is 6.92 Å². The summed E-state index contributed by atoms with van der Waals surface area (Å²) in [6.45, 7) is 3.52. The predicted octanol–water partition coefficient (Wildman–Crippen LogP) is 1.64. The number of nitrogens with two attached hydrogens (primary N) is 1. The standard InChI is InChI=1S/C20H27N5O2/c1-15-12-23-25(14-15)17-7-5-16(6-8-17)20(27)24-11-3-2-4-18(24)13-22-19(26)9-10-21/h5-8,12,14,18H,2-4,9-11,13,21H2,1H3,(H,22,26). The van der Waals surface area contributed by atoms with Crippen molar-refractivity contribution >= 4 is 11.8 Å². The molecular weight excluding hydrogens is 342 g/mol. The second-order valence-corrected chi connectivity index (χ2v) is 7.00. The SMILES string of the molecule is Cc1cnn(-c2ccc(C(=O)N3CCCCC3CNC(=O)CCN)cc2)c1. The number of aromatic nitrogens is 2. The molecule has 0 bridgehead atoms. The minimum absolute atomic E-state index is 0.0102. The van der Waals surface area contributed by atoms with Crippen LogP contribution in [0.2, 0.25) is 0 Å². The molecule has 2 heterocycles. The Bertz CT molecular complexity index is 784. The van der Waals surface area contributed by atoms with Crippen LogP contribution in [-0.4, -0.2) is 52.2 Å². The number of benzene rings is 1. The van der Waals surface area contributed by atoms with Crippen molar-refractivity contribution in [1.82, 2.24) is 20.0 Å². The van der Waals surface area contributed by atoms with Gasteiger partial charge in [-0.05, 0) is 56.0 Å². The highest BCUT2D eigenvalue weighted by Crippen LogP contribution is 2.20. The maximum absolute atomic E-state index is 13.0. The maximum atomic E-state index is 13.0. The van der Waals surface area contributed by atoms with Gasteiger partial charge in [-0.2, -0.15) is 5.10 Å². The van der Waals surface area contributed by atoms with Crippen LogP contribution in [0.3, 0.4) is 0 Å². The van der Waals surface area contributed by atoms with E-state index in [9.17, 15) is 9.59 Å². The van der Waals surface area contributed by atoms with E-state index in [1.54, 1.807) is 10.9 Å². The predicted molar refractivity (Wildman–Crippen MR) is 104 cm³/mol. The fourth-order valence-corrected chi connectivity index (χ4v) is 3.41. The van der Waals surface area contributed by atoms with Crippen LogP contribution in [-0.2, 0) is 4.79 Å². The van der Waals surface area contributed by atoms with Crippen LogP contribution in [0.1, 0.15) is 41.6 Å². The first-order valence-electron chi connectivity index (χ1n) is 9.48. The number of aryl methyl sites for hydroxylation is 1. The van der Waals surface area contributed by atoms with Gasteiger partial charge in [0.25, 0.3) is 5.91 Å². The van der Waals surface area contributed by atoms with Gasteiger partial charge in [-0.15, -0.1) is 0 Å². The van der Waals surface area contributed by atoms with Crippen molar-refractivity contribution in [2.45, 2.75) is 38.6 Å². The molecule has 7 nitrogen and oxygen atoms in total. The van der Waals surface area contributed by atoms with E-state index in [2.05, 4.69) is 10.4 Å². The second-order valence-electron chi connectivity index (χ2n) is 7.00. The summed E-state index contributed by atoms with van der Waals surface area (Å²) in [6, 6.07) is 7.52. The van der Waals surface area contributed by atoms with E-state index in [4.69, 9.17) is 5.73 Å². The maximum Gasteiger partial charge on any atom is 0.254 e. The zero-order valence-electron chi connectivity index (χ0n) is 15.7. The number of likely N-dealkylation sites (tertiary alicyclic amines) is 1. The Labute approximate surface area is 159 Å². The molecule has 1 saturated heterocycles. The molecule has 3 rings (SSSR count). The Balaban J connectivity index is 1.67. The number of rotatable bonds is 6. The molecule has 1 aliphatic heterocycles. The molecule has 2 aromatic rings. The highest BCUT2D eigenvalue weighted by atomic mass is 16.2. The Morgan fingerprint density at radius 1 is 1.26 bits per heavy atom. The van der Waals surface area contributed by atoms with Gasteiger partial charge >= 0.3 is 0 Å². The number of nitrogens with one attached hydrogen (secondary N) is 1. The molecule has 0 spiro atoms. The minimum atomic E-state index is -0.0608. The van der Waals surface area contributed by atoms with E-state index in [1.807, 2.05) is 42.3 Å². The number of hydrogen-bond donors (Lipinski definition) is 2. The van der Waals surface area contributed by atoms with Crippen LogP contribution in [0.5, 0.6) is 0 Å². The number of carbonyl (C=O) groups excluding carboxylic acids is 2. The minimum Gasteiger partial charge on any atom is -0.354 e. The van der Waals surface area contributed by atoms with Crippen molar-refractivity contribution in [1.29, 1.82) is 0 Å². The molecule has 27 heavy (non-hydrogen) atoms. The van der Waals surface area contributed by atoms with Gasteiger partial charge in [0.2, 0.25) is 5.91 Å². The first kappa shape index (κ1) is 19.1. The molecular formula is C20H27N5O2. The third-order valence-corrected chi connectivity index (χ3v) is 4.88. The average Bonchev–Trinajstić information content (AvgIpc) is 3.13. The van der Waals surface area contributed by atoms with Crippen LogP contribution in [0.15, 0.2) is 36.7 Å². The summed E-state index contributed by atoms with van der Waals surface area (Å²) in [4.78, 5) is 26.6. The van der Waals surface area contributed by atoms with Gasteiger partial charge in [0.1, 0.15) is 0 Å². The van der Waals surface area contributed by atoms with Gasteiger partial charge < -0.3 is 16.0 Å². The third kappa shape index (κ3) is 4.74. The molecule has 0 aliphatic carbocycles. The van der Waals surface area contributed by atoms with E-state index in [1.165, 1.54) is 0 Å². The molecule has 144 valence electrons. The summed E-state index contributed by atoms with van der Waals surface area (Å²) >= 11 is 0. The van der Waals surface area contributed by atoms with Crippen molar-refractivity contribution in [2.75, 3.05) is 19.6 Å². The molecule has 1 unspecified atom stereocenters. The topological polar surface area (TPSA) is 93.2 Å². The zero-order chi connectivity index (χ0) is 19.2. The van der Waals surface area contributed by atoms with E-state index < -0.39 is 0 Å². The van der Waals surface area contributed by atoms with Crippen LogP contribution < -0.4 is 11.1 Å². The largest absolute Gasteiger partial charge is 0.354 e. The van der Waals surface area contributed by atoms with Gasteiger partial charge in [-0.3, -0.25) is 9.59 Å². The lowest BCUT2D eigenvalue weighted by Crippen LogP contribution is -2.49. The van der Waals surface area contributed by atoms with Crippen molar-refractivity contribution in [2.24, 2.45) is 5.73 Å². The summed E-state index contributed by atoms with van der Waals surface area (Å²) in [5.74, 6) is -0.0506. The number of carbonyl (C=O) groups is 2. The number of nitrogens with zero attached hydrogens (tertiary/aromatic N) is 3. The Hall–Kier alpha value is -2.67. The van der Waals surface area contributed by atoms with Crippen LogP contribution in [0.4, 0.5) is 0 Å². The van der Waals surface area contributed by atoms with Gasteiger partial charge in [-0.25, -0.2) is 4.68 Å². The molecule has 1 atom stereocenters.